The first-order chi connectivity index (χ1) is 6.29. The fourth-order valence-electron chi connectivity index (χ4n) is 1.38. The Morgan fingerprint density at radius 2 is 2.23 bits per heavy atom. The minimum atomic E-state index is 0.536. The van der Waals surface area contributed by atoms with Crippen LogP contribution in [0.3, 0.4) is 0 Å². The summed E-state index contributed by atoms with van der Waals surface area (Å²) < 4.78 is 1.21. The summed E-state index contributed by atoms with van der Waals surface area (Å²) in [5.41, 5.74) is 4.76. The molecule has 0 amide bonds. The van der Waals surface area contributed by atoms with Gasteiger partial charge in [-0.3, -0.25) is 0 Å². The zero-order valence-corrected chi connectivity index (χ0v) is 9.84. The Hall–Kier alpha value is -0.130. The van der Waals surface area contributed by atoms with Crippen LogP contribution in [-0.2, 0) is 13.0 Å². The molecule has 1 rings (SSSR count). The Labute approximate surface area is 92.5 Å². The van der Waals surface area contributed by atoms with E-state index in [-0.39, 0.29) is 0 Å². The van der Waals surface area contributed by atoms with Crippen LogP contribution in [0.25, 0.3) is 0 Å². The maximum atomic E-state index is 8.68. The molecule has 0 fully saturated rings. The molecule has 0 aliphatic carbocycles. The number of nitrogens with one attached hydrogen (secondary N) is 1. The Bertz CT molecular complexity index is 276. The van der Waals surface area contributed by atoms with Gasteiger partial charge in [-0.15, -0.1) is 0 Å². The second-order valence-corrected chi connectivity index (χ2v) is 4.12. The quantitative estimate of drug-likeness (QED) is 0.660. The number of benzene rings is 1. The van der Waals surface area contributed by atoms with Gasteiger partial charge in [-0.05, 0) is 46.2 Å². The van der Waals surface area contributed by atoms with Crippen molar-refractivity contribution in [3.8, 4) is 0 Å². The minimum Gasteiger partial charge on any atom is -0.316 e. The van der Waals surface area contributed by atoms with E-state index < -0.39 is 0 Å². The van der Waals surface area contributed by atoms with Crippen molar-refractivity contribution in [2.45, 2.75) is 26.3 Å². The lowest BCUT2D eigenvalue weighted by atomic mass is 10.0. The van der Waals surface area contributed by atoms with E-state index in [9.17, 15) is 0 Å². The summed E-state index contributed by atoms with van der Waals surface area (Å²) in [5.74, 6) is 0. The first-order valence-corrected chi connectivity index (χ1v) is 5.50. The van der Waals surface area contributed by atoms with Gasteiger partial charge < -0.3 is 5.21 Å². The van der Waals surface area contributed by atoms with E-state index in [4.69, 9.17) is 5.21 Å². The smallest absolute Gasteiger partial charge is 0.0471 e. The van der Waals surface area contributed by atoms with E-state index in [1.54, 1.807) is 0 Å². The lowest BCUT2D eigenvalue weighted by molar-refractivity contribution is 0.160. The molecule has 0 aliphatic rings. The maximum Gasteiger partial charge on any atom is 0.0471 e. The minimum absolute atomic E-state index is 0.536. The molecule has 0 spiro atoms. The van der Waals surface area contributed by atoms with E-state index in [1.165, 1.54) is 14.7 Å². The first kappa shape index (κ1) is 10.9. The van der Waals surface area contributed by atoms with E-state index in [2.05, 4.69) is 53.2 Å². The number of hydroxylamine groups is 1. The summed E-state index contributed by atoms with van der Waals surface area (Å²) in [5, 5.41) is 8.68. The van der Waals surface area contributed by atoms with Gasteiger partial charge in [0.1, 0.15) is 0 Å². The van der Waals surface area contributed by atoms with Gasteiger partial charge in [-0.25, -0.2) is 5.48 Å². The number of halogens is 1. The zero-order chi connectivity index (χ0) is 9.68. The van der Waals surface area contributed by atoms with E-state index in [0.29, 0.717) is 6.54 Å². The standard InChI is InChI=1S/C10H14INO/c1-2-4-8-5-3-6-10(11)9(8)7-12-13/h3,5-6,12-13H,2,4,7H2,1H3. The number of hydrogen-bond donors (Lipinski definition) is 2. The molecule has 0 bridgehead atoms. The Morgan fingerprint density at radius 3 is 2.85 bits per heavy atom. The lowest BCUT2D eigenvalue weighted by Crippen LogP contribution is -2.10. The molecule has 0 unspecified atom stereocenters. The highest BCUT2D eigenvalue weighted by molar-refractivity contribution is 14.1. The van der Waals surface area contributed by atoms with Crippen LogP contribution in [0.1, 0.15) is 24.5 Å². The van der Waals surface area contributed by atoms with Crippen molar-refractivity contribution >= 4 is 22.6 Å². The second kappa shape index (κ2) is 5.57. The van der Waals surface area contributed by atoms with Crippen molar-refractivity contribution in [1.29, 1.82) is 0 Å². The van der Waals surface area contributed by atoms with Gasteiger partial charge in [0.2, 0.25) is 0 Å². The van der Waals surface area contributed by atoms with Crippen molar-refractivity contribution in [2.24, 2.45) is 0 Å². The van der Waals surface area contributed by atoms with Crippen molar-refractivity contribution in [3.05, 3.63) is 32.9 Å². The highest BCUT2D eigenvalue weighted by Crippen LogP contribution is 2.18. The van der Waals surface area contributed by atoms with Crippen molar-refractivity contribution in [2.75, 3.05) is 0 Å². The van der Waals surface area contributed by atoms with Crippen molar-refractivity contribution in [1.82, 2.24) is 5.48 Å². The number of hydrogen-bond acceptors (Lipinski definition) is 2. The fourth-order valence-corrected chi connectivity index (χ4v) is 2.13. The molecule has 0 aliphatic heterocycles. The van der Waals surface area contributed by atoms with Crippen LogP contribution in [0.15, 0.2) is 18.2 Å². The summed E-state index contributed by atoms with van der Waals surface area (Å²) in [4.78, 5) is 0. The van der Waals surface area contributed by atoms with Crippen LogP contribution in [0.4, 0.5) is 0 Å². The molecule has 0 radical (unpaired) electrons. The predicted octanol–water partition coefficient (Wildman–Crippen LogP) is 2.72. The van der Waals surface area contributed by atoms with Gasteiger partial charge in [0.25, 0.3) is 0 Å². The van der Waals surface area contributed by atoms with Crippen LogP contribution in [0.5, 0.6) is 0 Å². The Balaban J connectivity index is 2.95. The molecular formula is C10H14INO. The topological polar surface area (TPSA) is 32.3 Å². The van der Waals surface area contributed by atoms with E-state index in [0.717, 1.165) is 12.8 Å². The van der Waals surface area contributed by atoms with Crippen LogP contribution in [0, 0.1) is 3.57 Å². The highest BCUT2D eigenvalue weighted by Gasteiger charge is 2.04. The molecular weight excluding hydrogens is 277 g/mol. The average molecular weight is 291 g/mol. The highest BCUT2D eigenvalue weighted by atomic mass is 127. The van der Waals surface area contributed by atoms with Gasteiger partial charge in [0.15, 0.2) is 0 Å². The monoisotopic (exact) mass is 291 g/mol. The normalized spacial score (nSPS) is 10.4. The van der Waals surface area contributed by atoms with Gasteiger partial charge in [0, 0.05) is 10.1 Å². The molecule has 13 heavy (non-hydrogen) atoms. The molecule has 1 aromatic rings. The molecule has 2 N–H and O–H groups in total. The summed E-state index contributed by atoms with van der Waals surface area (Å²) in [7, 11) is 0. The van der Waals surface area contributed by atoms with Crippen LogP contribution in [0.2, 0.25) is 0 Å². The average Bonchev–Trinajstić information content (AvgIpc) is 2.11. The fraction of sp³-hybridized carbons (Fsp3) is 0.400. The molecule has 0 saturated heterocycles. The molecule has 2 nitrogen and oxygen atoms in total. The Morgan fingerprint density at radius 1 is 1.46 bits per heavy atom. The number of aryl methyl sites for hydroxylation is 1. The third-order valence-electron chi connectivity index (χ3n) is 1.99. The first-order valence-electron chi connectivity index (χ1n) is 4.42. The molecule has 0 aromatic heterocycles. The molecule has 72 valence electrons. The van der Waals surface area contributed by atoms with Crippen LogP contribution < -0.4 is 5.48 Å². The maximum absolute atomic E-state index is 8.68. The number of rotatable bonds is 4. The summed E-state index contributed by atoms with van der Waals surface area (Å²) >= 11 is 2.30. The van der Waals surface area contributed by atoms with Crippen LogP contribution >= 0.6 is 22.6 Å². The lowest BCUT2D eigenvalue weighted by Gasteiger charge is -2.09. The van der Waals surface area contributed by atoms with Crippen molar-refractivity contribution in [3.63, 3.8) is 0 Å². The Kier molecular flexibility index (Phi) is 4.69. The third kappa shape index (κ3) is 2.93. The summed E-state index contributed by atoms with van der Waals surface area (Å²) in [6.45, 7) is 2.70. The van der Waals surface area contributed by atoms with Gasteiger partial charge in [0.05, 0.1) is 0 Å². The zero-order valence-electron chi connectivity index (χ0n) is 7.68. The van der Waals surface area contributed by atoms with Gasteiger partial charge >= 0.3 is 0 Å². The molecule has 0 atom stereocenters. The predicted molar refractivity (Wildman–Crippen MR) is 61.8 cm³/mol. The van der Waals surface area contributed by atoms with Crippen molar-refractivity contribution < 1.29 is 5.21 Å². The van der Waals surface area contributed by atoms with Crippen LogP contribution in [-0.4, -0.2) is 5.21 Å². The third-order valence-corrected chi connectivity index (χ3v) is 3.00. The van der Waals surface area contributed by atoms with E-state index >= 15 is 0 Å². The second-order valence-electron chi connectivity index (χ2n) is 2.96. The van der Waals surface area contributed by atoms with Gasteiger partial charge in [-0.2, -0.15) is 0 Å². The van der Waals surface area contributed by atoms with E-state index in [1.807, 2.05) is 0 Å². The van der Waals surface area contributed by atoms with Gasteiger partial charge in [-0.1, -0.05) is 25.5 Å². The largest absolute Gasteiger partial charge is 0.316 e. The molecule has 1 aromatic carbocycles. The molecule has 0 heterocycles. The SMILES string of the molecule is CCCc1cccc(I)c1CNO. The summed E-state index contributed by atoms with van der Waals surface area (Å²) in [6.07, 6.45) is 2.21. The summed E-state index contributed by atoms with van der Waals surface area (Å²) in [6, 6.07) is 6.25. The molecule has 3 heteroatoms. The molecule has 0 saturated carbocycles.